The zero-order valence-corrected chi connectivity index (χ0v) is 17.8. The molecule has 0 spiro atoms. The van der Waals surface area contributed by atoms with E-state index >= 15 is 0 Å². The minimum Gasteiger partial charge on any atom is -0.356 e. The average Bonchev–Trinajstić information content (AvgIpc) is 2.43. The van der Waals surface area contributed by atoms with Crippen LogP contribution >= 0.6 is 24.0 Å². The number of carbonyl (C=O) groups is 1. The van der Waals surface area contributed by atoms with Gasteiger partial charge in [0.25, 0.3) is 0 Å². The molecule has 0 atom stereocenters. The average molecular weight is 447 g/mol. The summed E-state index contributed by atoms with van der Waals surface area (Å²) < 4.78 is 0. The van der Waals surface area contributed by atoms with Gasteiger partial charge in [-0.3, -0.25) is 14.8 Å². The first-order chi connectivity index (χ1) is 10.7. The number of nitrogens with one attached hydrogen (secondary N) is 2. The van der Waals surface area contributed by atoms with Crippen molar-refractivity contribution in [3.63, 3.8) is 0 Å². The normalized spacial score (nSPS) is 11.5. The molecule has 1 aromatic heterocycles. The second kappa shape index (κ2) is 10.5. The molecule has 136 valence electrons. The summed E-state index contributed by atoms with van der Waals surface area (Å²) in [5, 5.41) is 6.24. The zero-order valence-electron chi connectivity index (χ0n) is 15.5. The number of guanidine groups is 1. The third-order valence-corrected chi connectivity index (χ3v) is 3.28. The number of aryl methyl sites for hydroxylation is 1. The fourth-order valence-corrected chi connectivity index (χ4v) is 2.22. The number of aliphatic imine (C=N–C) groups is 1. The number of nitrogens with zero attached hydrogens (tertiary/aromatic N) is 3. The van der Waals surface area contributed by atoms with Gasteiger partial charge in [-0.15, -0.1) is 24.0 Å². The molecule has 0 unspecified atom stereocenters. The Hall–Kier alpha value is -1.38. The Labute approximate surface area is 162 Å². The maximum atomic E-state index is 12.0. The number of rotatable bonds is 5. The molecule has 0 aliphatic rings. The molecule has 0 saturated heterocycles. The van der Waals surface area contributed by atoms with Crippen molar-refractivity contribution in [3.05, 3.63) is 29.6 Å². The molecule has 0 saturated carbocycles. The van der Waals surface area contributed by atoms with E-state index in [1.165, 1.54) is 11.1 Å². The summed E-state index contributed by atoms with van der Waals surface area (Å²) in [5.74, 6) is 0.689. The lowest BCUT2D eigenvalue weighted by Gasteiger charge is -2.25. The minimum atomic E-state index is -0.228. The molecule has 1 aromatic rings. The van der Waals surface area contributed by atoms with Gasteiger partial charge in [-0.25, -0.2) is 0 Å². The number of aromatic nitrogens is 1. The van der Waals surface area contributed by atoms with Gasteiger partial charge in [0.2, 0.25) is 5.91 Å². The SMILES string of the molecule is CN=C(NCCc1ccncc1C)N(C)CC(=O)NC(C)(C)C.I. The Kier molecular flexibility index (Phi) is 9.88. The van der Waals surface area contributed by atoms with E-state index in [2.05, 4.69) is 27.5 Å². The number of pyridine rings is 1. The van der Waals surface area contributed by atoms with Crippen LogP contribution in [0.15, 0.2) is 23.5 Å². The van der Waals surface area contributed by atoms with Gasteiger partial charge in [0.05, 0.1) is 6.54 Å². The van der Waals surface area contributed by atoms with E-state index in [0.29, 0.717) is 5.96 Å². The van der Waals surface area contributed by atoms with Gasteiger partial charge >= 0.3 is 0 Å². The number of carbonyl (C=O) groups excluding carboxylic acids is 1. The van der Waals surface area contributed by atoms with Crippen LogP contribution in [0.25, 0.3) is 0 Å². The van der Waals surface area contributed by atoms with E-state index in [1.54, 1.807) is 13.2 Å². The molecule has 6 nitrogen and oxygen atoms in total. The van der Waals surface area contributed by atoms with Crippen molar-refractivity contribution in [2.45, 2.75) is 39.7 Å². The van der Waals surface area contributed by atoms with Crippen LogP contribution in [-0.4, -0.2) is 54.5 Å². The fourth-order valence-electron chi connectivity index (χ4n) is 2.22. The number of amides is 1. The third-order valence-electron chi connectivity index (χ3n) is 3.28. The van der Waals surface area contributed by atoms with Gasteiger partial charge < -0.3 is 15.5 Å². The Bertz CT molecular complexity index is 554. The summed E-state index contributed by atoms with van der Waals surface area (Å²) in [7, 11) is 3.58. The van der Waals surface area contributed by atoms with E-state index < -0.39 is 0 Å². The summed E-state index contributed by atoms with van der Waals surface area (Å²) in [6, 6.07) is 2.03. The molecular formula is C17H30IN5O. The van der Waals surface area contributed by atoms with Gasteiger partial charge in [-0.1, -0.05) is 0 Å². The van der Waals surface area contributed by atoms with Crippen LogP contribution in [0.3, 0.4) is 0 Å². The summed E-state index contributed by atoms with van der Waals surface area (Å²) >= 11 is 0. The lowest BCUT2D eigenvalue weighted by Crippen LogP contribution is -2.49. The number of likely N-dealkylation sites (N-methyl/N-ethyl adjacent to an activating group) is 1. The molecule has 2 N–H and O–H groups in total. The largest absolute Gasteiger partial charge is 0.356 e. The molecule has 0 aliphatic carbocycles. The molecule has 0 fully saturated rings. The first kappa shape index (κ1) is 22.6. The summed E-state index contributed by atoms with van der Waals surface area (Å²) in [6.45, 7) is 8.98. The highest BCUT2D eigenvalue weighted by atomic mass is 127. The number of hydrogen-bond donors (Lipinski definition) is 2. The second-order valence-corrected chi connectivity index (χ2v) is 6.68. The van der Waals surface area contributed by atoms with Gasteiger partial charge in [-0.2, -0.15) is 0 Å². The van der Waals surface area contributed by atoms with E-state index in [9.17, 15) is 4.79 Å². The van der Waals surface area contributed by atoms with Crippen LogP contribution in [0, 0.1) is 6.92 Å². The quantitative estimate of drug-likeness (QED) is 0.412. The summed E-state index contributed by atoms with van der Waals surface area (Å²) in [4.78, 5) is 22.1. The predicted octanol–water partition coefficient (Wildman–Crippen LogP) is 1.97. The van der Waals surface area contributed by atoms with Gasteiger partial charge in [0, 0.05) is 38.6 Å². The van der Waals surface area contributed by atoms with Gasteiger partial charge in [0.1, 0.15) is 0 Å². The van der Waals surface area contributed by atoms with Crippen molar-refractivity contribution < 1.29 is 4.79 Å². The minimum absolute atomic E-state index is 0. The molecule has 0 radical (unpaired) electrons. The van der Waals surface area contributed by atoms with Crippen molar-refractivity contribution in [1.29, 1.82) is 0 Å². The number of hydrogen-bond acceptors (Lipinski definition) is 3. The number of halogens is 1. The third kappa shape index (κ3) is 8.47. The van der Waals surface area contributed by atoms with Crippen molar-refractivity contribution in [2.75, 3.05) is 27.2 Å². The topological polar surface area (TPSA) is 69.6 Å². The molecule has 1 heterocycles. The van der Waals surface area contributed by atoms with Crippen molar-refractivity contribution in [2.24, 2.45) is 4.99 Å². The second-order valence-electron chi connectivity index (χ2n) is 6.68. The predicted molar refractivity (Wildman–Crippen MR) is 110 cm³/mol. The highest BCUT2D eigenvalue weighted by molar-refractivity contribution is 14.0. The first-order valence-electron chi connectivity index (χ1n) is 7.85. The fraction of sp³-hybridized carbons (Fsp3) is 0.588. The maximum Gasteiger partial charge on any atom is 0.240 e. The Balaban J connectivity index is 0.00000529. The van der Waals surface area contributed by atoms with E-state index in [1.807, 2.05) is 45.0 Å². The molecule has 7 heteroatoms. The van der Waals surface area contributed by atoms with Gasteiger partial charge in [-0.05, 0) is 51.3 Å². The summed E-state index contributed by atoms with van der Waals surface area (Å²) in [6.07, 6.45) is 4.56. The first-order valence-corrected chi connectivity index (χ1v) is 7.85. The molecule has 24 heavy (non-hydrogen) atoms. The van der Waals surface area contributed by atoms with E-state index in [-0.39, 0.29) is 42.0 Å². The molecule has 1 amide bonds. The van der Waals surface area contributed by atoms with Gasteiger partial charge in [0.15, 0.2) is 5.96 Å². The Morgan fingerprint density at radius 2 is 2.04 bits per heavy atom. The highest BCUT2D eigenvalue weighted by Gasteiger charge is 2.16. The molecule has 0 aromatic carbocycles. The van der Waals surface area contributed by atoms with Crippen molar-refractivity contribution in [1.82, 2.24) is 20.5 Å². The highest BCUT2D eigenvalue weighted by Crippen LogP contribution is 2.05. The van der Waals surface area contributed by atoms with E-state index in [0.717, 1.165) is 13.0 Å². The summed E-state index contributed by atoms with van der Waals surface area (Å²) in [5.41, 5.74) is 2.21. The van der Waals surface area contributed by atoms with Crippen LogP contribution in [0.5, 0.6) is 0 Å². The Morgan fingerprint density at radius 1 is 1.38 bits per heavy atom. The standard InChI is InChI=1S/C17H29N5O.HI/c1-13-11-19-9-7-14(13)8-10-20-16(18-5)22(6)12-15(23)21-17(2,3)4;/h7,9,11H,8,10,12H2,1-6H3,(H,18,20)(H,21,23);1H. The van der Waals surface area contributed by atoms with Crippen LogP contribution < -0.4 is 10.6 Å². The molecule has 1 rings (SSSR count). The molecule has 0 bridgehead atoms. The maximum absolute atomic E-state index is 12.0. The zero-order chi connectivity index (χ0) is 17.5. The Morgan fingerprint density at radius 3 is 2.58 bits per heavy atom. The van der Waals surface area contributed by atoms with Crippen molar-refractivity contribution in [3.8, 4) is 0 Å². The smallest absolute Gasteiger partial charge is 0.240 e. The molecular weight excluding hydrogens is 417 g/mol. The van der Waals surface area contributed by atoms with Crippen LogP contribution in [0.2, 0.25) is 0 Å². The lowest BCUT2D eigenvalue weighted by molar-refractivity contribution is -0.122. The van der Waals surface area contributed by atoms with Crippen LogP contribution in [-0.2, 0) is 11.2 Å². The monoisotopic (exact) mass is 447 g/mol. The van der Waals surface area contributed by atoms with Crippen LogP contribution in [0.4, 0.5) is 0 Å². The van der Waals surface area contributed by atoms with Crippen molar-refractivity contribution >= 4 is 35.8 Å². The van der Waals surface area contributed by atoms with E-state index in [4.69, 9.17) is 0 Å². The van der Waals surface area contributed by atoms with Crippen LogP contribution in [0.1, 0.15) is 31.9 Å². The lowest BCUT2D eigenvalue weighted by atomic mass is 10.1. The molecule has 0 aliphatic heterocycles.